The van der Waals surface area contributed by atoms with Gasteiger partial charge in [0.15, 0.2) is 5.96 Å². The van der Waals surface area contributed by atoms with Crippen LogP contribution in [0.1, 0.15) is 43.7 Å². The van der Waals surface area contributed by atoms with Crippen molar-refractivity contribution < 1.29 is 9.53 Å². The molecule has 0 aliphatic carbocycles. The van der Waals surface area contributed by atoms with Crippen molar-refractivity contribution in [1.82, 2.24) is 20.0 Å². The number of amides is 1. The van der Waals surface area contributed by atoms with Crippen molar-refractivity contribution in [3.8, 4) is 5.75 Å². The number of ether oxygens (including phenoxy) is 1. The molecule has 0 aromatic heterocycles. The second-order valence-electron chi connectivity index (χ2n) is 9.08. The first-order valence-corrected chi connectivity index (χ1v) is 12.5. The first-order chi connectivity index (χ1) is 15.7. The molecule has 2 saturated heterocycles. The molecule has 1 N–H and O–H groups in total. The van der Waals surface area contributed by atoms with Crippen molar-refractivity contribution in [2.75, 3.05) is 65.5 Å². The number of aliphatic imine (C=N–C) groups is 1. The third-order valence-electron chi connectivity index (χ3n) is 6.74. The zero-order valence-electron chi connectivity index (χ0n) is 20.1. The maximum atomic E-state index is 12.7. The SMILES string of the molecule is CCNC(=NCCc1ccc2c(c1)CCO2)N1CCN(CC(=O)N2CCCCCC2)CC1.I. The van der Waals surface area contributed by atoms with Crippen molar-refractivity contribution in [3.05, 3.63) is 29.3 Å². The van der Waals surface area contributed by atoms with Crippen LogP contribution in [0.5, 0.6) is 5.75 Å². The van der Waals surface area contributed by atoms with Crippen LogP contribution >= 0.6 is 24.0 Å². The first kappa shape index (κ1) is 26.1. The zero-order chi connectivity index (χ0) is 22.2. The molecule has 0 radical (unpaired) electrons. The molecule has 4 rings (SSSR count). The maximum absolute atomic E-state index is 12.7. The Morgan fingerprint density at radius 3 is 2.52 bits per heavy atom. The summed E-state index contributed by atoms with van der Waals surface area (Å²) < 4.78 is 5.61. The summed E-state index contributed by atoms with van der Waals surface area (Å²) in [5, 5.41) is 3.46. The van der Waals surface area contributed by atoms with E-state index in [0.717, 1.165) is 96.4 Å². The molecule has 7 nitrogen and oxygen atoms in total. The fraction of sp³-hybridized carbons (Fsp3) is 0.680. The van der Waals surface area contributed by atoms with Gasteiger partial charge in [0.2, 0.25) is 5.91 Å². The summed E-state index contributed by atoms with van der Waals surface area (Å²) in [6.07, 6.45) is 6.78. The minimum absolute atomic E-state index is 0. The monoisotopic (exact) mass is 569 g/mol. The number of nitrogens with one attached hydrogen (secondary N) is 1. The molecule has 1 aromatic carbocycles. The molecule has 184 valence electrons. The maximum Gasteiger partial charge on any atom is 0.236 e. The van der Waals surface area contributed by atoms with E-state index in [1.165, 1.54) is 24.0 Å². The number of nitrogens with zero attached hydrogens (tertiary/aromatic N) is 4. The van der Waals surface area contributed by atoms with Gasteiger partial charge < -0.3 is 19.9 Å². The van der Waals surface area contributed by atoms with Crippen molar-refractivity contribution in [2.24, 2.45) is 4.99 Å². The van der Waals surface area contributed by atoms with Crippen LogP contribution < -0.4 is 10.1 Å². The molecule has 1 aromatic rings. The summed E-state index contributed by atoms with van der Waals surface area (Å²) in [6.45, 7) is 10.6. The molecule has 3 aliphatic rings. The number of hydrogen-bond donors (Lipinski definition) is 1. The van der Waals surface area contributed by atoms with E-state index in [9.17, 15) is 4.79 Å². The average molecular weight is 570 g/mol. The average Bonchev–Trinajstić information content (AvgIpc) is 3.10. The number of hydrogen-bond acceptors (Lipinski definition) is 4. The predicted molar refractivity (Wildman–Crippen MR) is 144 cm³/mol. The number of benzene rings is 1. The van der Waals surface area contributed by atoms with Gasteiger partial charge in [-0.1, -0.05) is 25.0 Å². The molecule has 0 bridgehead atoms. The normalized spacial score (nSPS) is 19.4. The standard InChI is InChI=1S/C25H39N5O2.HI/c1-2-26-25(27-11-9-21-7-8-23-22(19-21)10-18-32-23)30-16-14-28(15-17-30)20-24(31)29-12-5-3-4-6-13-29;/h7-8,19H,2-6,9-18,20H2,1H3,(H,26,27);1H. The van der Waals surface area contributed by atoms with Gasteiger partial charge >= 0.3 is 0 Å². The second kappa shape index (κ2) is 13.4. The summed E-state index contributed by atoms with van der Waals surface area (Å²) in [4.78, 5) is 24.3. The third-order valence-corrected chi connectivity index (χ3v) is 6.74. The van der Waals surface area contributed by atoms with Gasteiger partial charge in [-0.05, 0) is 43.4 Å². The van der Waals surface area contributed by atoms with Gasteiger partial charge in [0.05, 0.1) is 13.2 Å². The molecule has 3 heterocycles. The molecule has 1 amide bonds. The molecular formula is C25H40IN5O2. The topological polar surface area (TPSA) is 60.4 Å². The molecule has 0 saturated carbocycles. The van der Waals surface area contributed by atoms with E-state index in [-0.39, 0.29) is 24.0 Å². The Balaban J connectivity index is 0.00000306. The van der Waals surface area contributed by atoms with E-state index in [1.807, 2.05) is 0 Å². The quantitative estimate of drug-likeness (QED) is 0.325. The van der Waals surface area contributed by atoms with Gasteiger partial charge in [0, 0.05) is 58.8 Å². The summed E-state index contributed by atoms with van der Waals surface area (Å²) in [5.74, 6) is 2.34. The van der Waals surface area contributed by atoms with E-state index in [4.69, 9.17) is 9.73 Å². The van der Waals surface area contributed by atoms with Crippen LogP contribution in [0.4, 0.5) is 0 Å². The van der Waals surface area contributed by atoms with Crippen LogP contribution in [-0.2, 0) is 17.6 Å². The van der Waals surface area contributed by atoms with Gasteiger partial charge in [-0.25, -0.2) is 0 Å². The number of guanidine groups is 1. The Kier molecular flexibility index (Phi) is 10.6. The molecule has 3 aliphatic heterocycles. The van der Waals surface area contributed by atoms with Crippen molar-refractivity contribution in [1.29, 1.82) is 0 Å². The lowest BCUT2D eigenvalue weighted by Crippen LogP contribution is -2.54. The molecule has 33 heavy (non-hydrogen) atoms. The Morgan fingerprint density at radius 2 is 1.79 bits per heavy atom. The lowest BCUT2D eigenvalue weighted by atomic mass is 10.1. The highest BCUT2D eigenvalue weighted by molar-refractivity contribution is 14.0. The first-order valence-electron chi connectivity index (χ1n) is 12.5. The van der Waals surface area contributed by atoms with Gasteiger partial charge in [-0.3, -0.25) is 14.7 Å². The number of fused-ring (bicyclic) bond motifs is 1. The minimum Gasteiger partial charge on any atom is -0.493 e. The zero-order valence-corrected chi connectivity index (χ0v) is 22.4. The highest BCUT2D eigenvalue weighted by Crippen LogP contribution is 2.26. The lowest BCUT2D eigenvalue weighted by Gasteiger charge is -2.37. The summed E-state index contributed by atoms with van der Waals surface area (Å²) in [5.41, 5.74) is 2.65. The smallest absolute Gasteiger partial charge is 0.236 e. The van der Waals surface area contributed by atoms with Crippen molar-refractivity contribution in [2.45, 2.75) is 45.4 Å². The van der Waals surface area contributed by atoms with Crippen LogP contribution in [0, 0.1) is 0 Å². The summed E-state index contributed by atoms with van der Waals surface area (Å²) in [6, 6.07) is 6.52. The Labute approximate surface area is 215 Å². The third kappa shape index (κ3) is 7.47. The Morgan fingerprint density at radius 1 is 1.03 bits per heavy atom. The number of halogens is 1. The fourth-order valence-electron chi connectivity index (χ4n) is 4.84. The van der Waals surface area contributed by atoms with Gasteiger partial charge in [-0.2, -0.15) is 0 Å². The van der Waals surface area contributed by atoms with Crippen LogP contribution in [0.25, 0.3) is 0 Å². The molecule has 2 fully saturated rings. The Hall–Kier alpha value is -1.55. The highest BCUT2D eigenvalue weighted by Gasteiger charge is 2.23. The minimum atomic E-state index is 0. The van der Waals surface area contributed by atoms with Crippen LogP contribution in [0.3, 0.4) is 0 Å². The van der Waals surface area contributed by atoms with E-state index >= 15 is 0 Å². The van der Waals surface area contributed by atoms with Gasteiger partial charge in [0.1, 0.15) is 5.75 Å². The van der Waals surface area contributed by atoms with Crippen LogP contribution in [-0.4, -0.2) is 92.1 Å². The van der Waals surface area contributed by atoms with Crippen LogP contribution in [0.2, 0.25) is 0 Å². The lowest BCUT2D eigenvalue weighted by molar-refractivity contribution is -0.132. The largest absolute Gasteiger partial charge is 0.493 e. The number of likely N-dealkylation sites (tertiary alicyclic amines) is 1. The number of carbonyl (C=O) groups excluding carboxylic acids is 1. The molecule has 0 spiro atoms. The second-order valence-corrected chi connectivity index (χ2v) is 9.08. The van der Waals surface area contributed by atoms with E-state index in [2.05, 4.69) is 45.1 Å². The predicted octanol–water partition coefficient (Wildman–Crippen LogP) is 2.77. The number of piperazine rings is 1. The van der Waals surface area contributed by atoms with Gasteiger partial charge in [0.25, 0.3) is 0 Å². The van der Waals surface area contributed by atoms with Gasteiger partial charge in [-0.15, -0.1) is 24.0 Å². The molecule has 0 atom stereocenters. The summed E-state index contributed by atoms with van der Waals surface area (Å²) >= 11 is 0. The van der Waals surface area contributed by atoms with Crippen LogP contribution in [0.15, 0.2) is 23.2 Å². The van der Waals surface area contributed by atoms with Crippen molar-refractivity contribution >= 4 is 35.8 Å². The molecule has 8 heteroatoms. The summed E-state index contributed by atoms with van der Waals surface area (Å²) in [7, 11) is 0. The fourth-order valence-corrected chi connectivity index (χ4v) is 4.84. The number of carbonyl (C=O) groups is 1. The number of rotatable bonds is 6. The molecular weight excluding hydrogens is 529 g/mol. The van der Waals surface area contributed by atoms with Crippen molar-refractivity contribution in [3.63, 3.8) is 0 Å². The Bertz CT molecular complexity index is 787. The molecule has 0 unspecified atom stereocenters. The van der Waals surface area contributed by atoms with E-state index in [0.29, 0.717) is 12.5 Å². The van der Waals surface area contributed by atoms with E-state index < -0.39 is 0 Å². The highest BCUT2D eigenvalue weighted by atomic mass is 127. The van der Waals surface area contributed by atoms with E-state index in [1.54, 1.807) is 0 Å².